The second kappa shape index (κ2) is 10.0. The number of benzene rings is 1. The van der Waals surface area contributed by atoms with Crippen molar-refractivity contribution >= 4 is 11.9 Å². The number of carbonyl (C=O) groups is 2. The first-order valence-electron chi connectivity index (χ1n) is 7.99. The number of nitrogens with one attached hydrogen (secondary N) is 1. The van der Waals surface area contributed by atoms with E-state index in [1.54, 1.807) is 0 Å². The summed E-state index contributed by atoms with van der Waals surface area (Å²) < 4.78 is 10.4. The number of carbonyl (C=O) groups excluding carboxylic acids is 2. The molecule has 0 spiro atoms. The Bertz CT molecular complexity index is 480. The number of rotatable bonds is 9. The largest absolute Gasteiger partial charge is 0.461 e. The molecule has 0 saturated carbocycles. The summed E-state index contributed by atoms with van der Waals surface area (Å²) in [6.45, 7) is 7.07. The average molecular weight is 321 g/mol. The van der Waals surface area contributed by atoms with Crippen molar-refractivity contribution in [2.24, 2.45) is 0 Å². The molecule has 0 unspecified atom stereocenters. The fourth-order valence-electron chi connectivity index (χ4n) is 1.88. The van der Waals surface area contributed by atoms with Crippen molar-refractivity contribution in [3.63, 3.8) is 0 Å². The van der Waals surface area contributed by atoms with Crippen LogP contribution in [0.5, 0.6) is 0 Å². The first-order valence-corrected chi connectivity index (χ1v) is 7.99. The Morgan fingerprint density at radius 3 is 2.35 bits per heavy atom. The SMILES string of the molecule is CC(C)(C)OC(=O)CCCNCCC(=O)OCc1ccccc1. The minimum Gasteiger partial charge on any atom is -0.461 e. The highest BCUT2D eigenvalue weighted by Gasteiger charge is 2.15. The zero-order chi connectivity index (χ0) is 17.1. The maximum absolute atomic E-state index is 11.6. The maximum atomic E-state index is 11.6. The Labute approximate surface area is 138 Å². The van der Waals surface area contributed by atoms with Crippen LogP contribution in [0.3, 0.4) is 0 Å². The third-order valence-corrected chi connectivity index (χ3v) is 2.90. The van der Waals surface area contributed by atoms with E-state index in [1.165, 1.54) is 0 Å². The van der Waals surface area contributed by atoms with Crippen molar-refractivity contribution < 1.29 is 19.1 Å². The second-order valence-electron chi connectivity index (χ2n) is 6.34. The zero-order valence-corrected chi connectivity index (χ0v) is 14.3. The van der Waals surface area contributed by atoms with Gasteiger partial charge in [-0.25, -0.2) is 0 Å². The van der Waals surface area contributed by atoms with E-state index >= 15 is 0 Å². The van der Waals surface area contributed by atoms with Crippen LogP contribution in [-0.2, 0) is 25.7 Å². The van der Waals surface area contributed by atoms with E-state index in [2.05, 4.69) is 5.32 Å². The van der Waals surface area contributed by atoms with E-state index in [4.69, 9.17) is 9.47 Å². The van der Waals surface area contributed by atoms with Crippen LogP contribution in [0.2, 0.25) is 0 Å². The summed E-state index contributed by atoms with van der Waals surface area (Å²) in [6.07, 6.45) is 1.38. The number of hydrogen-bond acceptors (Lipinski definition) is 5. The first-order chi connectivity index (χ1) is 10.9. The third kappa shape index (κ3) is 10.5. The highest BCUT2D eigenvalue weighted by Crippen LogP contribution is 2.08. The predicted molar refractivity (Wildman–Crippen MR) is 88.8 cm³/mol. The molecule has 0 aliphatic rings. The number of ether oxygens (including phenoxy) is 2. The lowest BCUT2D eigenvalue weighted by atomic mass is 10.2. The van der Waals surface area contributed by atoms with E-state index in [0.29, 0.717) is 39.0 Å². The van der Waals surface area contributed by atoms with Gasteiger partial charge in [0.25, 0.3) is 0 Å². The molecule has 0 bridgehead atoms. The van der Waals surface area contributed by atoms with Crippen molar-refractivity contribution in [1.29, 1.82) is 0 Å². The van der Waals surface area contributed by atoms with E-state index in [1.807, 2.05) is 51.1 Å². The molecule has 0 saturated heterocycles. The molecule has 0 aliphatic heterocycles. The van der Waals surface area contributed by atoms with E-state index in [-0.39, 0.29) is 11.9 Å². The van der Waals surface area contributed by atoms with Gasteiger partial charge in [0.1, 0.15) is 12.2 Å². The lowest BCUT2D eigenvalue weighted by molar-refractivity contribution is -0.155. The van der Waals surface area contributed by atoms with E-state index in [0.717, 1.165) is 5.56 Å². The normalized spacial score (nSPS) is 11.1. The molecule has 0 heterocycles. The van der Waals surface area contributed by atoms with Crippen LogP contribution < -0.4 is 5.32 Å². The van der Waals surface area contributed by atoms with Crippen molar-refractivity contribution in [3.05, 3.63) is 35.9 Å². The first kappa shape index (κ1) is 19.2. The molecule has 1 rings (SSSR count). The monoisotopic (exact) mass is 321 g/mol. The summed E-state index contributed by atoms with van der Waals surface area (Å²) in [5, 5.41) is 3.12. The Kier molecular flexibility index (Phi) is 8.33. The fourth-order valence-corrected chi connectivity index (χ4v) is 1.88. The van der Waals surface area contributed by atoms with Gasteiger partial charge in [0.15, 0.2) is 0 Å². The van der Waals surface area contributed by atoms with E-state index < -0.39 is 5.60 Å². The summed E-state index contributed by atoms with van der Waals surface area (Å²) in [5.41, 5.74) is 0.540. The molecule has 1 aromatic carbocycles. The van der Waals surface area contributed by atoms with Gasteiger partial charge in [-0.1, -0.05) is 30.3 Å². The van der Waals surface area contributed by atoms with Gasteiger partial charge in [-0.2, -0.15) is 0 Å². The molecule has 0 amide bonds. The summed E-state index contributed by atoms with van der Waals surface area (Å²) in [5.74, 6) is -0.421. The molecule has 128 valence electrons. The molecular weight excluding hydrogens is 294 g/mol. The average Bonchev–Trinajstić information content (AvgIpc) is 2.48. The molecule has 0 atom stereocenters. The molecule has 1 N–H and O–H groups in total. The number of hydrogen-bond donors (Lipinski definition) is 1. The van der Waals surface area contributed by atoms with Crippen LogP contribution in [0, 0.1) is 0 Å². The molecule has 23 heavy (non-hydrogen) atoms. The summed E-state index contributed by atoms with van der Waals surface area (Å²) >= 11 is 0. The van der Waals surface area contributed by atoms with Crippen LogP contribution in [0.25, 0.3) is 0 Å². The fraction of sp³-hybridized carbons (Fsp3) is 0.556. The van der Waals surface area contributed by atoms with Crippen molar-refractivity contribution in [2.75, 3.05) is 13.1 Å². The molecule has 5 nitrogen and oxygen atoms in total. The van der Waals surface area contributed by atoms with E-state index in [9.17, 15) is 9.59 Å². The molecular formula is C18H27NO4. The van der Waals surface area contributed by atoms with Crippen LogP contribution in [0.15, 0.2) is 30.3 Å². The van der Waals surface area contributed by atoms with Gasteiger partial charge in [0.2, 0.25) is 0 Å². The van der Waals surface area contributed by atoms with Crippen LogP contribution in [-0.4, -0.2) is 30.6 Å². The summed E-state index contributed by atoms with van der Waals surface area (Å²) in [4.78, 5) is 23.1. The molecule has 0 radical (unpaired) electrons. The standard InChI is InChI=1S/C18H27NO4/c1-18(2,3)23-17(21)10-7-12-19-13-11-16(20)22-14-15-8-5-4-6-9-15/h4-6,8-9,19H,7,10-14H2,1-3H3. The van der Waals surface area contributed by atoms with Gasteiger partial charge in [-0.3, -0.25) is 9.59 Å². The molecule has 0 aliphatic carbocycles. The summed E-state index contributed by atoms with van der Waals surface area (Å²) in [6, 6.07) is 9.59. The van der Waals surface area contributed by atoms with Crippen LogP contribution in [0.4, 0.5) is 0 Å². The topological polar surface area (TPSA) is 64.6 Å². The highest BCUT2D eigenvalue weighted by atomic mass is 16.6. The lowest BCUT2D eigenvalue weighted by Crippen LogP contribution is -2.25. The Balaban J connectivity index is 2.00. The van der Waals surface area contributed by atoms with Crippen LogP contribution >= 0.6 is 0 Å². The predicted octanol–water partition coefficient (Wildman–Crippen LogP) is 2.83. The zero-order valence-electron chi connectivity index (χ0n) is 14.3. The van der Waals surface area contributed by atoms with Crippen molar-refractivity contribution in [1.82, 2.24) is 5.32 Å². The molecule has 0 aromatic heterocycles. The Morgan fingerprint density at radius 2 is 1.70 bits per heavy atom. The minimum absolute atomic E-state index is 0.193. The summed E-state index contributed by atoms with van der Waals surface area (Å²) in [7, 11) is 0. The number of esters is 2. The van der Waals surface area contributed by atoms with Crippen LogP contribution in [0.1, 0.15) is 45.6 Å². The van der Waals surface area contributed by atoms with Crippen molar-refractivity contribution in [3.8, 4) is 0 Å². The van der Waals surface area contributed by atoms with Gasteiger partial charge < -0.3 is 14.8 Å². The minimum atomic E-state index is -0.437. The van der Waals surface area contributed by atoms with Gasteiger partial charge in [0.05, 0.1) is 6.42 Å². The maximum Gasteiger partial charge on any atom is 0.307 e. The third-order valence-electron chi connectivity index (χ3n) is 2.90. The highest BCUT2D eigenvalue weighted by molar-refractivity contribution is 5.70. The Hall–Kier alpha value is -1.88. The van der Waals surface area contributed by atoms with Gasteiger partial charge in [-0.15, -0.1) is 0 Å². The van der Waals surface area contributed by atoms with Gasteiger partial charge >= 0.3 is 11.9 Å². The Morgan fingerprint density at radius 1 is 1.00 bits per heavy atom. The smallest absolute Gasteiger partial charge is 0.307 e. The molecule has 0 fully saturated rings. The second-order valence-corrected chi connectivity index (χ2v) is 6.34. The van der Waals surface area contributed by atoms with Gasteiger partial charge in [0, 0.05) is 13.0 Å². The quantitative estimate of drug-likeness (QED) is 0.560. The van der Waals surface area contributed by atoms with Gasteiger partial charge in [-0.05, 0) is 39.3 Å². The molecule has 5 heteroatoms. The van der Waals surface area contributed by atoms with Crippen molar-refractivity contribution in [2.45, 2.75) is 52.2 Å². The lowest BCUT2D eigenvalue weighted by Gasteiger charge is -2.19. The molecule has 1 aromatic rings.